The topological polar surface area (TPSA) is 67.8 Å². The molecule has 0 radical (unpaired) electrons. The van der Waals surface area contributed by atoms with Crippen molar-refractivity contribution in [2.45, 2.75) is 25.6 Å². The largest absolute Gasteiger partial charge is 0.461 e. The monoisotopic (exact) mass is 443 g/mol. The zero-order valence-corrected chi connectivity index (χ0v) is 18.6. The molecule has 170 valence electrons. The second-order valence-corrected chi connectivity index (χ2v) is 8.12. The van der Waals surface area contributed by atoms with Crippen LogP contribution in [-0.4, -0.2) is 36.9 Å². The van der Waals surface area contributed by atoms with E-state index in [0.29, 0.717) is 26.0 Å². The number of anilines is 1. The van der Waals surface area contributed by atoms with Crippen LogP contribution in [0, 0.1) is 0 Å². The van der Waals surface area contributed by atoms with Crippen molar-refractivity contribution >= 4 is 33.2 Å². The predicted molar refractivity (Wildman–Crippen MR) is 132 cm³/mol. The SMILES string of the molecule is O=C(CCCOCC(O)CNc1ccc2cc3ccccc3cc2c1)OCc1ccccc1. The van der Waals surface area contributed by atoms with Crippen LogP contribution in [0.2, 0.25) is 0 Å². The first kappa shape index (κ1) is 22.8. The molecular formula is C28H29NO4. The summed E-state index contributed by atoms with van der Waals surface area (Å²) in [7, 11) is 0. The van der Waals surface area contributed by atoms with E-state index >= 15 is 0 Å². The minimum atomic E-state index is -0.637. The molecule has 0 aliphatic heterocycles. The Morgan fingerprint density at radius 1 is 0.848 bits per heavy atom. The summed E-state index contributed by atoms with van der Waals surface area (Å²) < 4.78 is 10.8. The van der Waals surface area contributed by atoms with Crippen LogP contribution in [0.25, 0.3) is 21.5 Å². The predicted octanol–water partition coefficient (Wildman–Crippen LogP) is 5.31. The second-order valence-electron chi connectivity index (χ2n) is 8.12. The van der Waals surface area contributed by atoms with Gasteiger partial charge in [0.1, 0.15) is 6.61 Å². The molecule has 0 aromatic heterocycles. The molecule has 4 aromatic rings. The summed E-state index contributed by atoms with van der Waals surface area (Å²) in [5.74, 6) is -0.242. The van der Waals surface area contributed by atoms with Crippen LogP contribution in [0.3, 0.4) is 0 Å². The number of benzene rings is 4. The number of rotatable bonds is 11. The van der Waals surface area contributed by atoms with E-state index in [1.165, 1.54) is 16.2 Å². The fourth-order valence-electron chi connectivity index (χ4n) is 3.69. The first-order valence-electron chi connectivity index (χ1n) is 11.3. The third-order valence-corrected chi connectivity index (χ3v) is 5.47. The maximum Gasteiger partial charge on any atom is 0.306 e. The third-order valence-electron chi connectivity index (χ3n) is 5.47. The van der Waals surface area contributed by atoms with Crippen molar-refractivity contribution in [3.8, 4) is 0 Å². The van der Waals surface area contributed by atoms with Gasteiger partial charge in [-0.05, 0) is 57.8 Å². The Morgan fingerprint density at radius 2 is 1.55 bits per heavy atom. The molecule has 0 aliphatic rings. The van der Waals surface area contributed by atoms with Crippen molar-refractivity contribution in [2.24, 2.45) is 0 Å². The van der Waals surface area contributed by atoms with Crippen LogP contribution in [0.5, 0.6) is 0 Å². The zero-order chi connectivity index (χ0) is 22.9. The standard InChI is InChI=1S/C28H29NO4/c30-27(20-32-14-6-11-28(31)33-19-21-7-2-1-3-8-21)18-29-26-13-12-24-15-22-9-4-5-10-23(22)16-25(24)17-26/h1-5,7-10,12-13,15-17,27,29-30H,6,11,14,18-20H2. The van der Waals surface area contributed by atoms with Gasteiger partial charge in [0.25, 0.3) is 0 Å². The molecule has 1 unspecified atom stereocenters. The zero-order valence-electron chi connectivity index (χ0n) is 18.6. The quantitative estimate of drug-likeness (QED) is 0.187. The van der Waals surface area contributed by atoms with Gasteiger partial charge in [-0.1, -0.05) is 60.7 Å². The lowest BCUT2D eigenvalue weighted by Gasteiger charge is -2.14. The number of aliphatic hydroxyl groups excluding tert-OH is 1. The van der Waals surface area contributed by atoms with Gasteiger partial charge in [-0.2, -0.15) is 0 Å². The molecule has 5 nitrogen and oxygen atoms in total. The van der Waals surface area contributed by atoms with Gasteiger partial charge in [0.05, 0.1) is 12.7 Å². The van der Waals surface area contributed by atoms with Crippen LogP contribution in [0.4, 0.5) is 5.69 Å². The van der Waals surface area contributed by atoms with Crippen molar-refractivity contribution in [3.05, 3.63) is 90.5 Å². The van der Waals surface area contributed by atoms with Gasteiger partial charge in [-0.3, -0.25) is 4.79 Å². The molecule has 33 heavy (non-hydrogen) atoms. The number of fused-ring (bicyclic) bond motifs is 2. The van der Waals surface area contributed by atoms with Gasteiger partial charge < -0.3 is 19.9 Å². The van der Waals surface area contributed by atoms with Gasteiger partial charge >= 0.3 is 5.97 Å². The molecule has 4 rings (SSSR count). The Morgan fingerprint density at radius 3 is 2.33 bits per heavy atom. The highest BCUT2D eigenvalue weighted by atomic mass is 16.5. The van der Waals surface area contributed by atoms with E-state index in [2.05, 4.69) is 41.7 Å². The Hall–Kier alpha value is -3.41. The van der Waals surface area contributed by atoms with Crippen LogP contribution in [0.1, 0.15) is 18.4 Å². The lowest BCUT2D eigenvalue weighted by molar-refractivity contribution is -0.145. The molecule has 2 N–H and O–H groups in total. The van der Waals surface area contributed by atoms with Gasteiger partial charge in [-0.25, -0.2) is 0 Å². The minimum Gasteiger partial charge on any atom is -0.461 e. The lowest BCUT2D eigenvalue weighted by atomic mass is 10.0. The maximum absolute atomic E-state index is 11.8. The number of esters is 1. The Kier molecular flexibility index (Phi) is 7.90. The number of ether oxygens (including phenoxy) is 2. The summed E-state index contributed by atoms with van der Waals surface area (Å²) in [6, 6.07) is 28.5. The van der Waals surface area contributed by atoms with E-state index in [1.807, 2.05) is 48.5 Å². The van der Waals surface area contributed by atoms with E-state index in [9.17, 15) is 9.90 Å². The molecule has 5 heteroatoms. The van der Waals surface area contributed by atoms with E-state index in [1.54, 1.807) is 0 Å². The number of carbonyl (C=O) groups is 1. The summed E-state index contributed by atoms with van der Waals surface area (Å²) in [5, 5.41) is 18.3. The highest BCUT2D eigenvalue weighted by Gasteiger charge is 2.07. The normalized spacial score (nSPS) is 12.0. The van der Waals surface area contributed by atoms with Crippen LogP contribution >= 0.6 is 0 Å². The first-order chi connectivity index (χ1) is 16.2. The van der Waals surface area contributed by atoms with Gasteiger partial charge in [0.15, 0.2) is 0 Å². The Bertz CT molecular complexity index is 1190. The lowest BCUT2D eigenvalue weighted by Crippen LogP contribution is -2.25. The molecule has 0 spiro atoms. The summed E-state index contributed by atoms with van der Waals surface area (Å²) >= 11 is 0. The molecule has 0 saturated carbocycles. The summed E-state index contributed by atoms with van der Waals surface area (Å²) in [4.78, 5) is 11.8. The summed E-state index contributed by atoms with van der Waals surface area (Å²) in [6.45, 7) is 1.29. The van der Waals surface area contributed by atoms with Gasteiger partial charge in [0.2, 0.25) is 0 Å². The van der Waals surface area contributed by atoms with Crippen LogP contribution < -0.4 is 5.32 Å². The first-order valence-corrected chi connectivity index (χ1v) is 11.3. The average Bonchev–Trinajstić information content (AvgIpc) is 2.85. The second kappa shape index (κ2) is 11.5. The van der Waals surface area contributed by atoms with Gasteiger partial charge in [0, 0.05) is 25.3 Å². The molecule has 1 atom stereocenters. The fourth-order valence-corrected chi connectivity index (χ4v) is 3.69. The number of hydrogen-bond acceptors (Lipinski definition) is 5. The smallest absolute Gasteiger partial charge is 0.306 e. The Balaban J connectivity index is 1.14. The molecule has 0 saturated heterocycles. The molecule has 0 amide bonds. The van der Waals surface area contributed by atoms with Crippen molar-refractivity contribution in [1.29, 1.82) is 0 Å². The summed E-state index contributed by atoms with van der Waals surface area (Å²) in [6.07, 6.45) is 0.224. The van der Waals surface area contributed by atoms with Crippen molar-refractivity contribution in [1.82, 2.24) is 0 Å². The van der Waals surface area contributed by atoms with E-state index in [-0.39, 0.29) is 19.2 Å². The molecule has 0 fully saturated rings. The number of hydrogen-bond donors (Lipinski definition) is 2. The van der Waals surface area contributed by atoms with Crippen molar-refractivity contribution < 1.29 is 19.4 Å². The number of aliphatic hydroxyl groups is 1. The molecule has 0 aliphatic carbocycles. The highest BCUT2D eigenvalue weighted by Crippen LogP contribution is 2.25. The number of nitrogens with one attached hydrogen (secondary N) is 1. The van der Waals surface area contributed by atoms with E-state index in [4.69, 9.17) is 9.47 Å². The van der Waals surface area contributed by atoms with Gasteiger partial charge in [-0.15, -0.1) is 0 Å². The van der Waals surface area contributed by atoms with Crippen LogP contribution in [-0.2, 0) is 20.9 Å². The highest BCUT2D eigenvalue weighted by molar-refractivity contribution is 5.99. The van der Waals surface area contributed by atoms with E-state index < -0.39 is 6.10 Å². The number of carbonyl (C=O) groups excluding carboxylic acids is 1. The average molecular weight is 444 g/mol. The van der Waals surface area contributed by atoms with Crippen molar-refractivity contribution in [2.75, 3.05) is 25.1 Å². The fraction of sp³-hybridized carbons (Fsp3) is 0.250. The van der Waals surface area contributed by atoms with Crippen LogP contribution in [0.15, 0.2) is 84.9 Å². The molecule has 0 heterocycles. The maximum atomic E-state index is 11.8. The molecular weight excluding hydrogens is 414 g/mol. The minimum absolute atomic E-state index is 0.213. The molecule has 0 bridgehead atoms. The third kappa shape index (κ3) is 6.78. The van der Waals surface area contributed by atoms with E-state index in [0.717, 1.165) is 16.6 Å². The van der Waals surface area contributed by atoms with Crippen molar-refractivity contribution in [3.63, 3.8) is 0 Å². The molecule has 4 aromatic carbocycles. The Labute approximate surface area is 194 Å². The summed E-state index contributed by atoms with van der Waals surface area (Å²) in [5.41, 5.74) is 1.93.